The Balaban J connectivity index is 1.83. The van der Waals surface area contributed by atoms with Gasteiger partial charge in [0.15, 0.2) is 26.4 Å². The molecule has 2 aromatic carbocycles. The summed E-state index contributed by atoms with van der Waals surface area (Å²) < 4.78 is 35.4. The molecule has 0 radical (unpaired) electrons. The average molecular weight is 529 g/mol. The predicted octanol–water partition coefficient (Wildman–Crippen LogP) is 5.06. The minimum atomic E-state index is -3.37. The van der Waals surface area contributed by atoms with E-state index in [0.29, 0.717) is 22.1 Å². The summed E-state index contributed by atoms with van der Waals surface area (Å²) in [6.45, 7) is 4.18. The summed E-state index contributed by atoms with van der Waals surface area (Å²) >= 11 is 2.55. The van der Waals surface area contributed by atoms with Crippen LogP contribution in [-0.2, 0) is 14.6 Å². The van der Waals surface area contributed by atoms with Crippen molar-refractivity contribution >= 4 is 39.1 Å². The van der Waals surface area contributed by atoms with E-state index in [1.165, 1.54) is 17.8 Å². The molecule has 2 aromatic heterocycles. The highest BCUT2D eigenvalue weighted by Gasteiger charge is 2.23. The number of thioether (sulfide) groups is 1. The van der Waals surface area contributed by atoms with Crippen molar-refractivity contribution in [2.75, 3.05) is 18.5 Å². The van der Waals surface area contributed by atoms with Crippen LogP contribution in [0.15, 0.2) is 59.5 Å². The van der Waals surface area contributed by atoms with Gasteiger partial charge in [-0.25, -0.2) is 22.9 Å². The Kier molecular flexibility index (Phi) is 7.39. The minimum absolute atomic E-state index is 0.170. The van der Waals surface area contributed by atoms with Gasteiger partial charge in [0.05, 0.1) is 10.6 Å². The summed E-state index contributed by atoms with van der Waals surface area (Å²) in [6.07, 6.45) is 3.01. The molecule has 0 N–H and O–H groups in total. The zero-order valence-corrected chi connectivity index (χ0v) is 22.1. The molecule has 0 atom stereocenters. The Morgan fingerprint density at radius 1 is 1.14 bits per heavy atom. The molecule has 0 unspecified atom stereocenters. The first-order valence-electron chi connectivity index (χ1n) is 10.7. The van der Waals surface area contributed by atoms with Gasteiger partial charge in [-0.3, -0.25) is 0 Å². The van der Waals surface area contributed by atoms with Crippen LogP contribution in [0.1, 0.15) is 35.8 Å². The monoisotopic (exact) mass is 528 g/mol. The van der Waals surface area contributed by atoms with Crippen LogP contribution >= 0.6 is 23.3 Å². The standard InChI is InChI=1S/C24H24N4O4S3/c1-15(2)18-10-5-6-11-20(18)28-21(13-19(26-28)24(29)32-14-33-3)23-25-22(27-34-23)16-8-7-9-17(12-16)35(4,30)31/h5-13,15H,14H2,1-4H3. The lowest BCUT2D eigenvalue weighted by Gasteiger charge is -2.14. The van der Waals surface area contributed by atoms with Crippen molar-refractivity contribution in [2.45, 2.75) is 24.7 Å². The van der Waals surface area contributed by atoms with Gasteiger partial charge in [-0.2, -0.15) is 9.47 Å². The fraction of sp³-hybridized carbons (Fsp3) is 0.250. The zero-order chi connectivity index (χ0) is 25.2. The molecule has 182 valence electrons. The van der Waals surface area contributed by atoms with Crippen molar-refractivity contribution in [3.05, 3.63) is 65.9 Å². The average Bonchev–Trinajstić information content (AvgIpc) is 3.50. The van der Waals surface area contributed by atoms with Crippen molar-refractivity contribution in [1.29, 1.82) is 0 Å². The second kappa shape index (κ2) is 10.3. The summed E-state index contributed by atoms with van der Waals surface area (Å²) in [5, 5.41) is 5.11. The topological polar surface area (TPSA) is 104 Å². The lowest BCUT2D eigenvalue weighted by atomic mass is 10.0. The molecule has 8 nitrogen and oxygen atoms in total. The van der Waals surface area contributed by atoms with Crippen molar-refractivity contribution in [2.24, 2.45) is 0 Å². The van der Waals surface area contributed by atoms with Crippen LogP contribution in [0.25, 0.3) is 27.8 Å². The Labute approximate surface area is 212 Å². The Morgan fingerprint density at radius 3 is 2.63 bits per heavy atom. The van der Waals surface area contributed by atoms with E-state index in [4.69, 9.17) is 4.74 Å². The third kappa shape index (κ3) is 5.47. The van der Waals surface area contributed by atoms with E-state index >= 15 is 0 Å². The molecular formula is C24H24N4O4S3. The first kappa shape index (κ1) is 25.1. The number of carbonyl (C=O) groups excluding carboxylic acids is 1. The molecular weight excluding hydrogens is 504 g/mol. The minimum Gasteiger partial charge on any atom is -0.450 e. The van der Waals surface area contributed by atoms with E-state index in [0.717, 1.165) is 29.0 Å². The van der Waals surface area contributed by atoms with E-state index in [9.17, 15) is 13.2 Å². The smallest absolute Gasteiger partial charge is 0.359 e. The molecule has 0 spiro atoms. The van der Waals surface area contributed by atoms with Gasteiger partial charge in [-0.15, -0.1) is 11.8 Å². The second-order valence-electron chi connectivity index (χ2n) is 8.10. The third-order valence-electron chi connectivity index (χ3n) is 5.18. The molecule has 0 aliphatic rings. The number of para-hydroxylation sites is 1. The van der Waals surface area contributed by atoms with E-state index in [-0.39, 0.29) is 22.4 Å². The summed E-state index contributed by atoms with van der Waals surface area (Å²) in [7, 11) is -3.37. The largest absolute Gasteiger partial charge is 0.450 e. The molecule has 0 aliphatic heterocycles. The Hall–Kier alpha value is -3.02. The fourth-order valence-corrected chi connectivity index (χ4v) is 5.06. The second-order valence-corrected chi connectivity index (χ2v) is 11.7. The number of carbonyl (C=O) groups is 1. The molecule has 0 aliphatic carbocycles. The molecule has 11 heteroatoms. The number of hydrogen-bond donors (Lipinski definition) is 0. The fourth-order valence-electron chi connectivity index (χ4n) is 3.48. The number of sulfone groups is 1. The number of esters is 1. The summed E-state index contributed by atoms with van der Waals surface area (Å²) in [6, 6.07) is 16.0. The maximum absolute atomic E-state index is 12.6. The van der Waals surface area contributed by atoms with Crippen LogP contribution in [-0.4, -0.2) is 52.0 Å². The normalized spacial score (nSPS) is 11.7. The molecule has 0 saturated carbocycles. The van der Waals surface area contributed by atoms with E-state index in [2.05, 4.69) is 28.3 Å². The number of benzene rings is 2. The summed E-state index contributed by atoms with van der Waals surface area (Å²) in [5.41, 5.74) is 3.24. The first-order valence-corrected chi connectivity index (χ1v) is 14.7. The number of hydrogen-bond acceptors (Lipinski definition) is 9. The SMILES string of the molecule is CSCOC(=O)c1cc(-c2nc(-c3cccc(S(C)(=O)=O)c3)ns2)n(-c2ccccc2C(C)C)n1. The molecule has 2 heterocycles. The van der Waals surface area contributed by atoms with Crippen LogP contribution in [0.5, 0.6) is 0 Å². The van der Waals surface area contributed by atoms with Crippen LogP contribution in [0.3, 0.4) is 0 Å². The quantitative estimate of drug-likeness (QED) is 0.231. The van der Waals surface area contributed by atoms with Crippen molar-refractivity contribution in [3.8, 4) is 27.8 Å². The molecule has 4 aromatic rings. The van der Waals surface area contributed by atoms with Gasteiger partial charge < -0.3 is 4.74 Å². The van der Waals surface area contributed by atoms with Gasteiger partial charge in [0.2, 0.25) is 0 Å². The Morgan fingerprint density at radius 2 is 1.91 bits per heavy atom. The van der Waals surface area contributed by atoms with Crippen LogP contribution in [0.2, 0.25) is 0 Å². The summed E-state index contributed by atoms with van der Waals surface area (Å²) in [4.78, 5) is 17.5. The van der Waals surface area contributed by atoms with Gasteiger partial charge in [0.1, 0.15) is 11.6 Å². The van der Waals surface area contributed by atoms with Crippen LogP contribution in [0.4, 0.5) is 0 Å². The summed E-state index contributed by atoms with van der Waals surface area (Å²) in [5.74, 6) is 0.321. The molecule has 0 bridgehead atoms. The number of ether oxygens (including phenoxy) is 1. The molecule has 0 saturated heterocycles. The van der Waals surface area contributed by atoms with E-state index in [1.807, 2.05) is 30.5 Å². The van der Waals surface area contributed by atoms with Crippen molar-refractivity contribution in [1.82, 2.24) is 19.1 Å². The zero-order valence-electron chi connectivity index (χ0n) is 19.6. The van der Waals surface area contributed by atoms with E-state index < -0.39 is 15.8 Å². The third-order valence-corrected chi connectivity index (χ3v) is 7.38. The molecule has 35 heavy (non-hydrogen) atoms. The van der Waals surface area contributed by atoms with Crippen LogP contribution < -0.4 is 0 Å². The van der Waals surface area contributed by atoms with Gasteiger partial charge >= 0.3 is 5.97 Å². The number of rotatable bonds is 8. The maximum atomic E-state index is 12.6. The van der Waals surface area contributed by atoms with Gasteiger partial charge in [0.25, 0.3) is 0 Å². The predicted molar refractivity (Wildman–Crippen MR) is 139 cm³/mol. The molecule has 0 fully saturated rings. The lowest BCUT2D eigenvalue weighted by molar-refractivity contribution is 0.0572. The van der Waals surface area contributed by atoms with Gasteiger partial charge in [-0.05, 0) is 47.5 Å². The highest BCUT2D eigenvalue weighted by Crippen LogP contribution is 2.32. The van der Waals surface area contributed by atoms with Crippen molar-refractivity contribution < 1.29 is 17.9 Å². The number of aromatic nitrogens is 4. The van der Waals surface area contributed by atoms with E-state index in [1.54, 1.807) is 28.9 Å². The van der Waals surface area contributed by atoms with Gasteiger partial charge in [0, 0.05) is 17.9 Å². The molecule has 4 rings (SSSR count). The molecule has 0 amide bonds. The first-order chi connectivity index (χ1) is 16.7. The highest BCUT2D eigenvalue weighted by molar-refractivity contribution is 7.98. The van der Waals surface area contributed by atoms with Crippen molar-refractivity contribution in [3.63, 3.8) is 0 Å². The maximum Gasteiger partial charge on any atom is 0.359 e. The Bertz CT molecular complexity index is 1480. The van der Waals surface area contributed by atoms with Crippen LogP contribution in [0, 0.1) is 0 Å². The number of nitrogens with zero attached hydrogens (tertiary/aromatic N) is 4. The lowest BCUT2D eigenvalue weighted by Crippen LogP contribution is -2.08. The highest BCUT2D eigenvalue weighted by atomic mass is 32.2. The van der Waals surface area contributed by atoms with Gasteiger partial charge in [-0.1, -0.05) is 44.2 Å².